The molecule has 0 aliphatic heterocycles. The highest BCUT2D eigenvalue weighted by molar-refractivity contribution is 7.22. The maximum Gasteiger partial charge on any atom is 0.195 e. The average Bonchev–Trinajstić information content (AvgIpc) is 3.29. The van der Waals surface area contributed by atoms with Crippen LogP contribution in [0.25, 0.3) is 20.5 Å². The number of carbonyl (C=O) groups is 1. The molecule has 0 aliphatic rings. The molecule has 0 fully saturated rings. The zero-order valence-corrected chi connectivity index (χ0v) is 24.0. The molecule has 6 heteroatoms. The van der Waals surface area contributed by atoms with Crippen LogP contribution in [0.1, 0.15) is 50.5 Å². The second-order valence-corrected chi connectivity index (χ2v) is 11.2. The summed E-state index contributed by atoms with van der Waals surface area (Å²) in [6.45, 7) is 13.9. The number of nitrogens with zero attached hydrogens (tertiary/aromatic N) is 1. The maximum atomic E-state index is 13.9. The van der Waals surface area contributed by atoms with Crippen molar-refractivity contribution in [2.45, 2.75) is 40.2 Å². The van der Waals surface area contributed by atoms with Crippen molar-refractivity contribution in [3.63, 3.8) is 0 Å². The Morgan fingerprint density at radius 1 is 0.868 bits per heavy atom. The molecule has 38 heavy (non-hydrogen) atoms. The van der Waals surface area contributed by atoms with Gasteiger partial charge in [-0.3, -0.25) is 4.79 Å². The number of ether oxygens (including phenoxy) is 3. The Kier molecular flexibility index (Phi) is 8.75. The van der Waals surface area contributed by atoms with Gasteiger partial charge in [-0.15, -0.1) is 11.3 Å². The fraction of sp³-hybridized carbons (Fsp3) is 0.344. The minimum atomic E-state index is -0.308. The summed E-state index contributed by atoms with van der Waals surface area (Å²) in [7, 11) is 1.65. The molecule has 1 heterocycles. The number of methoxy groups -OCH3 is 1. The molecule has 0 saturated heterocycles. The van der Waals surface area contributed by atoms with Crippen LogP contribution in [0.2, 0.25) is 0 Å². The zero-order valence-electron chi connectivity index (χ0n) is 23.2. The lowest BCUT2D eigenvalue weighted by Gasteiger charge is -2.21. The number of carbonyl (C=O) groups excluding carboxylic acids is 1. The van der Waals surface area contributed by atoms with Gasteiger partial charge in [-0.1, -0.05) is 13.8 Å². The molecule has 4 aromatic rings. The highest BCUT2D eigenvalue weighted by Crippen LogP contribution is 2.42. The Balaban J connectivity index is 1.67. The van der Waals surface area contributed by atoms with E-state index in [1.54, 1.807) is 18.4 Å². The summed E-state index contributed by atoms with van der Waals surface area (Å²) in [6, 6.07) is 21.3. The van der Waals surface area contributed by atoms with Gasteiger partial charge in [-0.25, -0.2) is 0 Å². The smallest absolute Gasteiger partial charge is 0.195 e. The fourth-order valence-corrected chi connectivity index (χ4v) is 5.58. The van der Waals surface area contributed by atoms with Crippen molar-refractivity contribution in [3.05, 3.63) is 77.9 Å². The van der Waals surface area contributed by atoms with Crippen molar-refractivity contribution in [2.75, 3.05) is 33.4 Å². The predicted molar refractivity (Wildman–Crippen MR) is 157 cm³/mol. The standard InChI is InChI=1S/C32H37NO4S/c1-7-33(8-2)19-20-36-25-15-9-22(10-16-25)30(34)29-27-18-17-26(37-32(3,4)5)21-28(27)38-31(29)23-11-13-24(35-6)14-12-23/h9-18,21H,7-8,19-20H2,1-6H3. The number of fused-ring (bicyclic) bond motifs is 1. The maximum absolute atomic E-state index is 13.9. The number of ketones is 1. The van der Waals surface area contributed by atoms with Crippen LogP contribution < -0.4 is 14.2 Å². The lowest BCUT2D eigenvalue weighted by Crippen LogP contribution is -2.27. The summed E-state index contributed by atoms with van der Waals surface area (Å²) in [5.41, 5.74) is 2.00. The zero-order chi connectivity index (χ0) is 27.3. The first-order chi connectivity index (χ1) is 18.2. The van der Waals surface area contributed by atoms with Gasteiger partial charge in [0.05, 0.1) is 7.11 Å². The Hall–Kier alpha value is -3.35. The van der Waals surface area contributed by atoms with Gasteiger partial charge in [-0.2, -0.15) is 0 Å². The van der Waals surface area contributed by atoms with E-state index in [0.717, 1.165) is 57.4 Å². The van der Waals surface area contributed by atoms with Crippen molar-refractivity contribution < 1.29 is 19.0 Å². The van der Waals surface area contributed by atoms with Crippen molar-refractivity contribution in [1.82, 2.24) is 4.90 Å². The van der Waals surface area contributed by atoms with Gasteiger partial charge in [0.25, 0.3) is 0 Å². The number of likely N-dealkylation sites (N-methyl/N-ethyl adjacent to an activating group) is 1. The lowest BCUT2D eigenvalue weighted by atomic mass is 9.97. The molecular formula is C32H37NO4S. The summed E-state index contributed by atoms with van der Waals surface area (Å²) in [4.78, 5) is 17.2. The molecule has 0 aliphatic carbocycles. The number of hydrogen-bond acceptors (Lipinski definition) is 6. The summed E-state index contributed by atoms with van der Waals surface area (Å²) in [6.07, 6.45) is 0. The van der Waals surface area contributed by atoms with Gasteiger partial charge >= 0.3 is 0 Å². The number of thiophene rings is 1. The molecule has 0 N–H and O–H groups in total. The molecule has 5 nitrogen and oxygen atoms in total. The summed E-state index contributed by atoms with van der Waals surface area (Å²) in [5.74, 6) is 2.32. The molecule has 0 saturated carbocycles. The van der Waals surface area contributed by atoms with Crippen LogP contribution in [0.3, 0.4) is 0 Å². The van der Waals surface area contributed by atoms with Crippen LogP contribution >= 0.6 is 11.3 Å². The molecule has 0 unspecified atom stereocenters. The topological polar surface area (TPSA) is 48.0 Å². The van der Waals surface area contributed by atoms with Crippen LogP contribution in [0, 0.1) is 0 Å². The molecular weight excluding hydrogens is 494 g/mol. The van der Waals surface area contributed by atoms with Gasteiger partial charge in [0, 0.05) is 32.6 Å². The van der Waals surface area contributed by atoms with E-state index in [1.165, 1.54) is 0 Å². The predicted octanol–water partition coefficient (Wildman–Crippen LogP) is 7.71. The normalized spacial score (nSPS) is 11.7. The average molecular weight is 532 g/mol. The number of hydrogen-bond donors (Lipinski definition) is 0. The highest BCUT2D eigenvalue weighted by Gasteiger charge is 2.23. The molecule has 1 aromatic heterocycles. The van der Waals surface area contributed by atoms with Crippen LogP contribution in [-0.2, 0) is 0 Å². The van der Waals surface area contributed by atoms with E-state index in [4.69, 9.17) is 14.2 Å². The van der Waals surface area contributed by atoms with E-state index in [1.807, 2.05) is 87.5 Å². The largest absolute Gasteiger partial charge is 0.497 e. The first-order valence-corrected chi connectivity index (χ1v) is 13.9. The second kappa shape index (κ2) is 12.0. The number of benzene rings is 3. The third-order valence-corrected chi connectivity index (χ3v) is 7.55. The summed E-state index contributed by atoms with van der Waals surface area (Å²) in [5, 5.41) is 0.923. The third kappa shape index (κ3) is 6.55. The van der Waals surface area contributed by atoms with Gasteiger partial charge in [-0.05, 0) is 106 Å². The van der Waals surface area contributed by atoms with E-state index in [-0.39, 0.29) is 11.4 Å². The fourth-order valence-electron chi connectivity index (χ4n) is 4.34. The Morgan fingerprint density at radius 2 is 1.50 bits per heavy atom. The van der Waals surface area contributed by atoms with E-state index in [9.17, 15) is 4.79 Å². The van der Waals surface area contributed by atoms with Crippen molar-refractivity contribution in [3.8, 4) is 27.7 Å². The minimum Gasteiger partial charge on any atom is -0.497 e. The van der Waals surface area contributed by atoms with Crippen LogP contribution in [0.15, 0.2) is 66.7 Å². The molecule has 200 valence electrons. The first-order valence-electron chi connectivity index (χ1n) is 13.1. The SMILES string of the molecule is CCN(CC)CCOc1ccc(C(=O)c2c(-c3ccc(OC)cc3)sc3cc(OC(C)(C)C)ccc23)cc1. The first kappa shape index (κ1) is 27.7. The Morgan fingerprint density at radius 3 is 2.11 bits per heavy atom. The van der Waals surface area contributed by atoms with Crippen molar-refractivity contribution in [1.29, 1.82) is 0 Å². The monoisotopic (exact) mass is 531 g/mol. The van der Waals surface area contributed by atoms with Crippen LogP contribution in [0.4, 0.5) is 0 Å². The van der Waals surface area contributed by atoms with E-state index >= 15 is 0 Å². The quantitative estimate of drug-likeness (QED) is 0.186. The minimum absolute atomic E-state index is 0.0127. The third-order valence-electron chi connectivity index (χ3n) is 6.35. The van der Waals surface area contributed by atoms with Gasteiger partial charge in [0.15, 0.2) is 5.78 Å². The Labute approximate surface area is 230 Å². The molecule has 0 radical (unpaired) electrons. The molecule has 4 rings (SSSR count). The highest BCUT2D eigenvalue weighted by atomic mass is 32.1. The van der Waals surface area contributed by atoms with E-state index in [0.29, 0.717) is 17.7 Å². The molecule has 3 aromatic carbocycles. The lowest BCUT2D eigenvalue weighted by molar-refractivity contribution is 0.104. The molecule has 0 bridgehead atoms. The van der Waals surface area contributed by atoms with E-state index < -0.39 is 0 Å². The van der Waals surface area contributed by atoms with Gasteiger partial charge in [0.1, 0.15) is 29.5 Å². The number of rotatable bonds is 11. The van der Waals surface area contributed by atoms with Crippen LogP contribution in [0.5, 0.6) is 17.2 Å². The second-order valence-electron chi connectivity index (χ2n) is 10.1. The summed E-state index contributed by atoms with van der Waals surface area (Å²) >= 11 is 1.60. The van der Waals surface area contributed by atoms with Crippen LogP contribution in [-0.4, -0.2) is 49.6 Å². The van der Waals surface area contributed by atoms with Gasteiger partial charge < -0.3 is 19.1 Å². The molecule has 0 spiro atoms. The molecule has 0 amide bonds. The molecule has 0 atom stereocenters. The van der Waals surface area contributed by atoms with Gasteiger partial charge in [0.2, 0.25) is 0 Å². The Bertz CT molecular complexity index is 1360. The van der Waals surface area contributed by atoms with E-state index in [2.05, 4.69) is 18.7 Å². The summed E-state index contributed by atoms with van der Waals surface area (Å²) < 4.78 is 18.4. The van der Waals surface area contributed by atoms with Crippen molar-refractivity contribution >= 4 is 27.2 Å². The van der Waals surface area contributed by atoms with Crippen molar-refractivity contribution in [2.24, 2.45) is 0 Å².